The molecule has 2 aromatic rings. The third kappa shape index (κ3) is 6.79. The predicted octanol–water partition coefficient (Wildman–Crippen LogP) is 5.00. The first kappa shape index (κ1) is 26.9. The van der Waals surface area contributed by atoms with E-state index in [2.05, 4.69) is 71.8 Å². The number of alkyl halides is 1. The second kappa shape index (κ2) is 12.9. The van der Waals surface area contributed by atoms with Crippen LogP contribution in [0.2, 0.25) is 5.02 Å². The number of piperazine rings is 1. The van der Waals surface area contributed by atoms with Gasteiger partial charge in [0.2, 0.25) is 0 Å². The zero-order valence-electron chi connectivity index (χ0n) is 20.6. The normalized spacial score (nSPS) is 20.2. The number of hydrogen-bond acceptors (Lipinski definition) is 6. The summed E-state index contributed by atoms with van der Waals surface area (Å²) in [6.07, 6.45) is 7.52. The first-order valence-electron chi connectivity index (χ1n) is 12.5. The average molecular weight is 578 g/mol. The van der Waals surface area contributed by atoms with E-state index in [0.717, 1.165) is 68.0 Å². The molecule has 4 rings (SSSR count). The molecule has 36 heavy (non-hydrogen) atoms. The molecule has 0 aliphatic carbocycles. The summed E-state index contributed by atoms with van der Waals surface area (Å²) in [6.45, 7) is 9.21. The molecule has 194 valence electrons. The number of likely N-dealkylation sites (tertiary alicyclic amines) is 1. The topological polar surface area (TPSA) is 60.7 Å². The molecular formula is C27H35BrClFN6. The van der Waals surface area contributed by atoms with Gasteiger partial charge in [-0.15, -0.1) is 0 Å². The number of pyridine rings is 1. The second-order valence-corrected chi connectivity index (χ2v) is 10.8. The quantitative estimate of drug-likeness (QED) is 0.437. The van der Waals surface area contributed by atoms with E-state index < -0.39 is 0 Å². The molecule has 9 heteroatoms. The third-order valence-electron chi connectivity index (χ3n) is 7.14. The van der Waals surface area contributed by atoms with Crippen LogP contribution in [-0.4, -0.2) is 66.3 Å². The molecule has 2 aliphatic rings. The van der Waals surface area contributed by atoms with Gasteiger partial charge in [-0.1, -0.05) is 46.2 Å². The summed E-state index contributed by atoms with van der Waals surface area (Å²) in [7, 11) is 0. The number of hydrogen-bond donors (Lipinski definition) is 2. The molecule has 0 bridgehead atoms. The van der Waals surface area contributed by atoms with Crippen LogP contribution in [0, 0.1) is 0 Å². The average Bonchev–Trinajstić information content (AvgIpc) is 2.89. The van der Waals surface area contributed by atoms with Gasteiger partial charge in [-0.2, -0.15) is 0 Å². The minimum atomic E-state index is -0.322. The number of nitrogens with two attached hydrogens (primary N) is 1. The van der Waals surface area contributed by atoms with Crippen LogP contribution in [0.3, 0.4) is 0 Å². The first-order chi connectivity index (χ1) is 17.5. The lowest BCUT2D eigenvalue weighted by Gasteiger charge is -2.48. The van der Waals surface area contributed by atoms with Crippen LogP contribution in [0.1, 0.15) is 30.4 Å². The molecule has 0 amide bonds. The molecule has 1 aromatic carbocycles. The molecule has 1 aromatic heterocycles. The number of piperidine rings is 1. The summed E-state index contributed by atoms with van der Waals surface area (Å²) in [5, 5.41) is 3.56. The molecule has 2 saturated heterocycles. The number of halogens is 3. The van der Waals surface area contributed by atoms with Gasteiger partial charge in [-0.05, 0) is 56.1 Å². The Bertz CT molecular complexity index is 1040. The smallest absolute Gasteiger partial charge is 0.147 e. The Morgan fingerprint density at radius 1 is 1.22 bits per heavy atom. The Kier molecular flexibility index (Phi) is 9.65. The Morgan fingerprint density at radius 2 is 1.97 bits per heavy atom. The summed E-state index contributed by atoms with van der Waals surface area (Å²) in [5.74, 6) is 0.746. The third-order valence-corrected chi connectivity index (χ3v) is 7.95. The molecule has 3 heterocycles. The number of nitrogens with one attached hydrogen (secondary N) is 1. The van der Waals surface area contributed by atoms with Crippen molar-refractivity contribution in [2.75, 3.05) is 44.3 Å². The zero-order chi connectivity index (χ0) is 25.5. The molecule has 3 N–H and O–H groups in total. The van der Waals surface area contributed by atoms with Crippen molar-refractivity contribution in [3.05, 3.63) is 76.1 Å². The van der Waals surface area contributed by atoms with Gasteiger partial charge in [-0.3, -0.25) is 14.2 Å². The van der Waals surface area contributed by atoms with Crippen LogP contribution < -0.4 is 16.0 Å². The standard InChI is InChI=1S/C27H35BrClFN6/c1-20(32-11-10-31)22-16-26(29)27(33-17-22)35-14-15-36(25(19-35)6-9-30)24-7-12-34(13-8-24)18-21-2-4-23(28)5-3-21/h2-5,10-11,16-17,24-25,32H,1,6-9,12-15,18-19,31H2/b11-10-/t25-/m0/s1. The molecule has 0 saturated carbocycles. The Balaban J connectivity index is 1.35. The van der Waals surface area contributed by atoms with E-state index in [9.17, 15) is 4.39 Å². The van der Waals surface area contributed by atoms with E-state index in [1.54, 1.807) is 12.4 Å². The molecular weight excluding hydrogens is 543 g/mol. The Labute approximate surface area is 227 Å². The van der Waals surface area contributed by atoms with Gasteiger partial charge in [0.15, 0.2) is 0 Å². The van der Waals surface area contributed by atoms with Crippen LogP contribution in [0.25, 0.3) is 5.70 Å². The lowest BCUT2D eigenvalue weighted by molar-refractivity contribution is 0.0566. The van der Waals surface area contributed by atoms with Gasteiger partial charge in [0, 0.05) is 72.6 Å². The van der Waals surface area contributed by atoms with Crippen LogP contribution in [0.15, 0.2) is 60.0 Å². The van der Waals surface area contributed by atoms with Gasteiger partial charge in [-0.25, -0.2) is 4.98 Å². The number of benzene rings is 1. The Hall–Kier alpha value is -2.13. The highest BCUT2D eigenvalue weighted by atomic mass is 79.9. The highest BCUT2D eigenvalue weighted by molar-refractivity contribution is 9.10. The van der Waals surface area contributed by atoms with Gasteiger partial charge >= 0.3 is 0 Å². The summed E-state index contributed by atoms with van der Waals surface area (Å²) >= 11 is 10.1. The highest BCUT2D eigenvalue weighted by Gasteiger charge is 2.34. The summed E-state index contributed by atoms with van der Waals surface area (Å²) in [4.78, 5) is 11.9. The highest BCUT2D eigenvalue weighted by Crippen LogP contribution is 2.30. The van der Waals surface area contributed by atoms with E-state index in [0.29, 0.717) is 23.2 Å². The predicted molar refractivity (Wildman–Crippen MR) is 150 cm³/mol. The fourth-order valence-electron chi connectivity index (χ4n) is 5.24. The van der Waals surface area contributed by atoms with E-state index in [1.807, 2.05) is 6.07 Å². The van der Waals surface area contributed by atoms with Crippen LogP contribution in [0.4, 0.5) is 10.2 Å². The maximum absolute atomic E-state index is 13.6. The minimum Gasteiger partial charge on any atom is -0.403 e. The number of anilines is 1. The summed E-state index contributed by atoms with van der Waals surface area (Å²) in [6, 6.07) is 11.1. The van der Waals surface area contributed by atoms with Crippen molar-refractivity contribution >= 4 is 39.0 Å². The van der Waals surface area contributed by atoms with Crippen LogP contribution >= 0.6 is 27.5 Å². The fourth-order valence-corrected chi connectivity index (χ4v) is 5.79. The van der Waals surface area contributed by atoms with Gasteiger partial charge in [0.1, 0.15) is 5.82 Å². The van der Waals surface area contributed by atoms with Crippen molar-refractivity contribution in [3.8, 4) is 0 Å². The monoisotopic (exact) mass is 576 g/mol. The van der Waals surface area contributed by atoms with Crippen LogP contribution in [0.5, 0.6) is 0 Å². The van der Waals surface area contributed by atoms with Crippen molar-refractivity contribution < 1.29 is 4.39 Å². The van der Waals surface area contributed by atoms with Gasteiger partial charge in [0.05, 0.1) is 11.7 Å². The number of rotatable bonds is 9. The fraction of sp³-hybridized carbons (Fsp3) is 0.444. The number of aromatic nitrogens is 1. The molecule has 6 nitrogen and oxygen atoms in total. The van der Waals surface area contributed by atoms with Crippen molar-refractivity contribution in [1.82, 2.24) is 20.1 Å². The summed E-state index contributed by atoms with van der Waals surface area (Å²) in [5.41, 5.74) is 8.20. The SMILES string of the molecule is C=C(N/C=C\N)c1cnc(N2CCN(C3CCN(Cc4ccc(Br)cc4)CC3)[C@@H](CCF)C2)c(Cl)c1. The lowest BCUT2D eigenvalue weighted by Crippen LogP contribution is -2.58. The van der Waals surface area contributed by atoms with Crippen molar-refractivity contribution in [2.24, 2.45) is 5.73 Å². The van der Waals surface area contributed by atoms with Gasteiger partial charge < -0.3 is 16.0 Å². The number of nitrogens with zero attached hydrogens (tertiary/aromatic N) is 4. The zero-order valence-corrected chi connectivity index (χ0v) is 22.9. The summed E-state index contributed by atoms with van der Waals surface area (Å²) < 4.78 is 14.7. The molecule has 0 radical (unpaired) electrons. The second-order valence-electron chi connectivity index (χ2n) is 9.46. The van der Waals surface area contributed by atoms with Crippen molar-refractivity contribution in [3.63, 3.8) is 0 Å². The maximum atomic E-state index is 13.6. The maximum Gasteiger partial charge on any atom is 0.147 e. The molecule has 1 atom stereocenters. The largest absolute Gasteiger partial charge is 0.403 e. The van der Waals surface area contributed by atoms with E-state index in [-0.39, 0.29) is 12.7 Å². The van der Waals surface area contributed by atoms with Crippen molar-refractivity contribution in [2.45, 2.75) is 37.9 Å². The van der Waals surface area contributed by atoms with E-state index >= 15 is 0 Å². The van der Waals surface area contributed by atoms with E-state index in [1.165, 1.54) is 11.8 Å². The molecule has 2 fully saturated rings. The Morgan fingerprint density at radius 3 is 2.64 bits per heavy atom. The molecule has 0 spiro atoms. The molecule has 0 unspecified atom stereocenters. The lowest BCUT2D eigenvalue weighted by atomic mass is 9.97. The molecule has 2 aliphatic heterocycles. The van der Waals surface area contributed by atoms with Crippen molar-refractivity contribution in [1.29, 1.82) is 0 Å². The minimum absolute atomic E-state index is 0.149. The van der Waals surface area contributed by atoms with Crippen LogP contribution in [-0.2, 0) is 6.54 Å². The van der Waals surface area contributed by atoms with E-state index in [4.69, 9.17) is 17.3 Å². The van der Waals surface area contributed by atoms with Gasteiger partial charge in [0.25, 0.3) is 0 Å². The first-order valence-corrected chi connectivity index (χ1v) is 13.7.